The Hall–Kier alpha value is -0.930. The molecule has 96 valence electrons. The first kappa shape index (κ1) is 14.1. The highest BCUT2D eigenvalue weighted by molar-refractivity contribution is 5.25. The van der Waals surface area contributed by atoms with Crippen LogP contribution in [0.4, 0.5) is 4.39 Å². The Balaban J connectivity index is 2.52. The fourth-order valence-electron chi connectivity index (χ4n) is 1.74. The number of hydrogen-bond donors (Lipinski definition) is 2. The van der Waals surface area contributed by atoms with E-state index < -0.39 is 0 Å². The molecule has 17 heavy (non-hydrogen) atoms. The zero-order chi connectivity index (χ0) is 12.8. The molecule has 0 amide bonds. The van der Waals surface area contributed by atoms with Crippen molar-refractivity contribution in [3.63, 3.8) is 0 Å². The smallest absolute Gasteiger partial charge is 0.126 e. The molecular formula is C14H22FNO. The molecule has 0 heterocycles. The van der Waals surface area contributed by atoms with E-state index in [1.54, 1.807) is 19.1 Å². The van der Waals surface area contributed by atoms with Crippen molar-refractivity contribution in [2.24, 2.45) is 0 Å². The average Bonchev–Trinajstić information content (AvgIpc) is 2.30. The maximum absolute atomic E-state index is 13.4. The summed E-state index contributed by atoms with van der Waals surface area (Å²) in [6.45, 7) is 6.32. The molecule has 1 rings (SSSR count). The lowest BCUT2D eigenvalue weighted by Gasteiger charge is -2.17. The normalized spacial score (nSPS) is 14.6. The summed E-state index contributed by atoms with van der Waals surface area (Å²) in [6, 6.07) is 5.31. The van der Waals surface area contributed by atoms with Crippen LogP contribution in [0.5, 0.6) is 0 Å². The molecule has 0 spiro atoms. The molecule has 0 aliphatic carbocycles. The van der Waals surface area contributed by atoms with Crippen LogP contribution in [0.15, 0.2) is 18.2 Å². The molecule has 2 atom stereocenters. The molecule has 0 aliphatic heterocycles. The van der Waals surface area contributed by atoms with Gasteiger partial charge >= 0.3 is 0 Å². The van der Waals surface area contributed by atoms with E-state index in [2.05, 4.69) is 5.32 Å². The number of hydrogen-bond acceptors (Lipinski definition) is 2. The van der Waals surface area contributed by atoms with Gasteiger partial charge in [0.05, 0.1) is 6.10 Å². The SMILES string of the molecule is CCCC(O)CNC(C)c1ccc(C)c(F)c1. The summed E-state index contributed by atoms with van der Waals surface area (Å²) in [7, 11) is 0. The van der Waals surface area contributed by atoms with E-state index in [0.29, 0.717) is 12.1 Å². The molecular weight excluding hydrogens is 217 g/mol. The molecule has 2 unspecified atom stereocenters. The van der Waals surface area contributed by atoms with Gasteiger partial charge in [-0.1, -0.05) is 25.5 Å². The summed E-state index contributed by atoms with van der Waals surface area (Å²) in [4.78, 5) is 0. The van der Waals surface area contributed by atoms with Gasteiger partial charge in [-0.05, 0) is 37.5 Å². The molecule has 2 N–H and O–H groups in total. The van der Waals surface area contributed by atoms with Gasteiger partial charge in [-0.2, -0.15) is 0 Å². The van der Waals surface area contributed by atoms with Crippen molar-refractivity contribution in [1.29, 1.82) is 0 Å². The largest absolute Gasteiger partial charge is 0.392 e. The number of nitrogens with one attached hydrogen (secondary N) is 1. The summed E-state index contributed by atoms with van der Waals surface area (Å²) in [5.41, 5.74) is 1.57. The summed E-state index contributed by atoms with van der Waals surface area (Å²) in [5, 5.41) is 12.8. The molecule has 0 bridgehead atoms. The Morgan fingerprint density at radius 3 is 2.71 bits per heavy atom. The van der Waals surface area contributed by atoms with Crippen LogP contribution in [-0.4, -0.2) is 17.8 Å². The van der Waals surface area contributed by atoms with Gasteiger partial charge in [0.25, 0.3) is 0 Å². The molecule has 3 heteroatoms. The minimum absolute atomic E-state index is 0.0524. The Kier molecular flexibility index (Phi) is 5.59. The summed E-state index contributed by atoms with van der Waals surface area (Å²) >= 11 is 0. The number of aryl methyl sites for hydroxylation is 1. The van der Waals surface area contributed by atoms with Crippen LogP contribution in [0.2, 0.25) is 0 Å². The second-order valence-corrected chi connectivity index (χ2v) is 4.58. The van der Waals surface area contributed by atoms with Gasteiger partial charge < -0.3 is 10.4 Å². The quantitative estimate of drug-likeness (QED) is 0.800. The lowest BCUT2D eigenvalue weighted by atomic mass is 10.1. The summed E-state index contributed by atoms with van der Waals surface area (Å²) in [6.07, 6.45) is 1.44. The Bertz CT molecular complexity index is 354. The van der Waals surface area contributed by atoms with Gasteiger partial charge in [0.2, 0.25) is 0 Å². The molecule has 0 radical (unpaired) electrons. The van der Waals surface area contributed by atoms with Crippen LogP contribution in [0.1, 0.15) is 43.9 Å². The Morgan fingerprint density at radius 2 is 2.12 bits per heavy atom. The van der Waals surface area contributed by atoms with Gasteiger partial charge in [0.1, 0.15) is 5.82 Å². The lowest BCUT2D eigenvalue weighted by Crippen LogP contribution is -2.29. The van der Waals surface area contributed by atoms with Crippen molar-refractivity contribution in [3.8, 4) is 0 Å². The second-order valence-electron chi connectivity index (χ2n) is 4.58. The van der Waals surface area contributed by atoms with Crippen molar-refractivity contribution < 1.29 is 9.50 Å². The molecule has 0 fully saturated rings. The van der Waals surface area contributed by atoms with Crippen LogP contribution >= 0.6 is 0 Å². The zero-order valence-electron chi connectivity index (χ0n) is 10.8. The molecule has 1 aromatic rings. The van der Waals surface area contributed by atoms with Crippen molar-refractivity contribution in [2.75, 3.05) is 6.54 Å². The van der Waals surface area contributed by atoms with Crippen molar-refractivity contribution in [3.05, 3.63) is 35.1 Å². The highest BCUT2D eigenvalue weighted by atomic mass is 19.1. The Morgan fingerprint density at radius 1 is 1.41 bits per heavy atom. The number of halogens is 1. The minimum atomic E-state index is -0.322. The van der Waals surface area contributed by atoms with E-state index in [1.165, 1.54) is 0 Å². The van der Waals surface area contributed by atoms with E-state index in [4.69, 9.17) is 0 Å². The van der Waals surface area contributed by atoms with E-state index in [1.807, 2.05) is 19.9 Å². The number of aliphatic hydroxyl groups excluding tert-OH is 1. The number of aliphatic hydroxyl groups is 1. The second kappa shape index (κ2) is 6.72. The number of rotatable bonds is 6. The average molecular weight is 239 g/mol. The zero-order valence-corrected chi connectivity index (χ0v) is 10.8. The van der Waals surface area contributed by atoms with Crippen LogP contribution in [0, 0.1) is 12.7 Å². The molecule has 0 aliphatic rings. The first-order valence-corrected chi connectivity index (χ1v) is 6.22. The molecule has 0 saturated heterocycles. The van der Waals surface area contributed by atoms with E-state index in [0.717, 1.165) is 18.4 Å². The summed E-state index contributed by atoms with van der Waals surface area (Å²) < 4.78 is 13.4. The maximum Gasteiger partial charge on any atom is 0.126 e. The highest BCUT2D eigenvalue weighted by Crippen LogP contribution is 2.16. The minimum Gasteiger partial charge on any atom is -0.392 e. The topological polar surface area (TPSA) is 32.3 Å². The predicted octanol–water partition coefficient (Wildman–Crippen LogP) is 2.95. The third-order valence-electron chi connectivity index (χ3n) is 2.98. The third-order valence-corrected chi connectivity index (χ3v) is 2.98. The third kappa shape index (κ3) is 4.44. The fourth-order valence-corrected chi connectivity index (χ4v) is 1.74. The molecule has 0 aromatic heterocycles. The van der Waals surface area contributed by atoms with Gasteiger partial charge in [-0.25, -0.2) is 4.39 Å². The first-order chi connectivity index (χ1) is 8.04. The molecule has 0 saturated carbocycles. The van der Waals surface area contributed by atoms with Crippen LogP contribution in [0.25, 0.3) is 0 Å². The van der Waals surface area contributed by atoms with Crippen LogP contribution < -0.4 is 5.32 Å². The van der Waals surface area contributed by atoms with E-state index in [-0.39, 0.29) is 18.0 Å². The fraction of sp³-hybridized carbons (Fsp3) is 0.571. The lowest BCUT2D eigenvalue weighted by molar-refractivity contribution is 0.157. The number of benzene rings is 1. The van der Waals surface area contributed by atoms with Gasteiger partial charge in [0.15, 0.2) is 0 Å². The monoisotopic (exact) mass is 239 g/mol. The van der Waals surface area contributed by atoms with Crippen molar-refractivity contribution >= 4 is 0 Å². The molecule has 2 nitrogen and oxygen atoms in total. The first-order valence-electron chi connectivity index (χ1n) is 6.22. The predicted molar refractivity (Wildman–Crippen MR) is 68.5 cm³/mol. The maximum atomic E-state index is 13.4. The summed E-state index contributed by atoms with van der Waals surface area (Å²) in [5.74, 6) is -0.176. The van der Waals surface area contributed by atoms with Gasteiger partial charge in [0, 0.05) is 12.6 Å². The van der Waals surface area contributed by atoms with Crippen molar-refractivity contribution in [2.45, 2.75) is 45.8 Å². The van der Waals surface area contributed by atoms with Gasteiger partial charge in [-0.3, -0.25) is 0 Å². The van der Waals surface area contributed by atoms with Crippen molar-refractivity contribution in [1.82, 2.24) is 5.32 Å². The van der Waals surface area contributed by atoms with Gasteiger partial charge in [-0.15, -0.1) is 0 Å². The molecule has 1 aromatic carbocycles. The van der Waals surface area contributed by atoms with E-state index >= 15 is 0 Å². The highest BCUT2D eigenvalue weighted by Gasteiger charge is 2.09. The van der Waals surface area contributed by atoms with E-state index in [9.17, 15) is 9.50 Å². The standard InChI is InChI=1S/C14H22FNO/c1-4-5-13(17)9-16-11(3)12-7-6-10(2)14(15)8-12/h6-8,11,13,16-17H,4-5,9H2,1-3H3. The Labute approximate surface area is 103 Å². The van der Waals surface area contributed by atoms with Crippen LogP contribution in [0.3, 0.4) is 0 Å². The van der Waals surface area contributed by atoms with Crippen LogP contribution in [-0.2, 0) is 0 Å².